The highest BCUT2D eigenvalue weighted by molar-refractivity contribution is 5.81. The maximum Gasteiger partial charge on any atom is 0.165 e. The fourth-order valence-electron chi connectivity index (χ4n) is 2.45. The largest absolute Gasteiger partial charge is 0.507 e. The maximum absolute atomic E-state index is 10.1. The molecule has 0 aromatic heterocycles. The van der Waals surface area contributed by atoms with Crippen molar-refractivity contribution in [3.63, 3.8) is 0 Å². The molecule has 0 bridgehead atoms. The molecular weight excluding hydrogens is 240 g/mol. The zero-order chi connectivity index (χ0) is 14.0. The quantitative estimate of drug-likeness (QED) is 0.737. The molecule has 0 amide bonds. The van der Waals surface area contributed by atoms with Gasteiger partial charge < -0.3 is 15.3 Å². The number of rotatable bonds is 3. The third-order valence-corrected chi connectivity index (χ3v) is 3.39. The van der Waals surface area contributed by atoms with Crippen LogP contribution in [0.2, 0.25) is 0 Å². The molecule has 2 aromatic carbocycles. The van der Waals surface area contributed by atoms with Crippen LogP contribution in [-0.4, -0.2) is 15.3 Å². The van der Waals surface area contributed by atoms with E-state index in [-0.39, 0.29) is 17.2 Å². The van der Waals surface area contributed by atoms with E-state index in [1.165, 1.54) is 0 Å². The summed E-state index contributed by atoms with van der Waals surface area (Å²) in [7, 11) is 0. The molecule has 0 spiro atoms. The van der Waals surface area contributed by atoms with Gasteiger partial charge in [0.05, 0.1) is 0 Å². The van der Waals surface area contributed by atoms with Gasteiger partial charge in [0, 0.05) is 11.1 Å². The van der Waals surface area contributed by atoms with Crippen LogP contribution >= 0.6 is 0 Å². The first kappa shape index (κ1) is 13.3. The Kier molecular flexibility index (Phi) is 3.65. The van der Waals surface area contributed by atoms with Crippen molar-refractivity contribution in [2.45, 2.75) is 26.7 Å². The monoisotopic (exact) mass is 258 g/mol. The number of aromatic hydroxyl groups is 3. The van der Waals surface area contributed by atoms with E-state index in [1.807, 2.05) is 13.8 Å². The highest BCUT2D eigenvalue weighted by Crippen LogP contribution is 2.44. The number of hydrogen-bond acceptors (Lipinski definition) is 3. The Balaban J connectivity index is 2.81. The molecule has 3 N–H and O–H groups in total. The zero-order valence-electron chi connectivity index (χ0n) is 11.1. The number of benzene rings is 2. The second-order valence-electron chi connectivity index (χ2n) is 4.48. The fraction of sp³-hybridized carbons (Fsp3) is 0.250. The molecule has 2 rings (SSSR count). The van der Waals surface area contributed by atoms with Gasteiger partial charge in [-0.05, 0) is 36.1 Å². The summed E-state index contributed by atoms with van der Waals surface area (Å²) >= 11 is 0. The van der Waals surface area contributed by atoms with Crippen molar-refractivity contribution in [3.05, 3.63) is 41.5 Å². The Morgan fingerprint density at radius 1 is 0.895 bits per heavy atom. The molecule has 0 aliphatic heterocycles. The van der Waals surface area contributed by atoms with Crippen LogP contribution in [-0.2, 0) is 12.8 Å². The van der Waals surface area contributed by atoms with Crippen LogP contribution in [0.25, 0.3) is 11.1 Å². The van der Waals surface area contributed by atoms with Gasteiger partial charge in [-0.3, -0.25) is 0 Å². The fourth-order valence-corrected chi connectivity index (χ4v) is 2.45. The molecule has 19 heavy (non-hydrogen) atoms. The van der Waals surface area contributed by atoms with Crippen LogP contribution in [0.1, 0.15) is 25.0 Å². The van der Waals surface area contributed by atoms with Crippen molar-refractivity contribution in [2.24, 2.45) is 0 Å². The first-order valence-corrected chi connectivity index (χ1v) is 6.45. The normalized spacial score (nSPS) is 10.6. The molecule has 3 nitrogen and oxygen atoms in total. The van der Waals surface area contributed by atoms with Gasteiger partial charge in [0.2, 0.25) is 0 Å². The highest BCUT2D eigenvalue weighted by atomic mass is 16.3. The zero-order valence-corrected chi connectivity index (χ0v) is 11.1. The minimum absolute atomic E-state index is 0.0974. The molecule has 0 saturated carbocycles. The standard InChI is InChI=1S/C16H18O3/c1-3-10-9-14(18)16(19)15(11(10)4-2)12-7-5-6-8-13(12)17/h5-9,17-19H,3-4H2,1-2H3. The van der Waals surface area contributed by atoms with Gasteiger partial charge in [0.15, 0.2) is 11.5 Å². The van der Waals surface area contributed by atoms with Gasteiger partial charge in [0.25, 0.3) is 0 Å². The van der Waals surface area contributed by atoms with Crippen LogP contribution in [0.5, 0.6) is 17.2 Å². The van der Waals surface area contributed by atoms with Gasteiger partial charge >= 0.3 is 0 Å². The Morgan fingerprint density at radius 3 is 2.16 bits per heavy atom. The van der Waals surface area contributed by atoms with Crippen LogP contribution in [0.3, 0.4) is 0 Å². The summed E-state index contributed by atoms with van der Waals surface area (Å²) in [6, 6.07) is 8.43. The summed E-state index contributed by atoms with van der Waals surface area (Å²) in [5.41, 5.74) is 3.01. The SMILES string of the molecule is CCc1cc(O)c(O)c(-c2ccccc2O)c1CC. The highest BCUT2D eigenvalue weighted by Gasteiger charge is 2.19. The van der Waals surface area contributed by atoms with E-state index >= 15 is 0 Å². The van der Waals surface area contributed by atoms with Gasteiger partial charge in [-0.15, -0.1) is 0 Å². The van der Waals surface area contributed by atoms with Crippen molar-refractivity contribution in [1.29, 1.82) is 0 Å². The van der Waals surface area contributed by atoms with Crippen LogP contribution < -0.4 is 0 Å². The number of aryl methyl sites for hydroxylation is 1. The van der Waals surface area contributed by atoms with Gasteiger partial charge in [0.1, 0.15) is 5.75 Å². The predicted molar refractivity (Wildman–Crippen MR) is 75.6 cm³/mol. The molecule has 0 aliphatic carbocycles. The number of hydrogen-bond donors (Lipinski definition) is 3. The average Bonchev–Trinajstić information content (AvgIpc) is 2.42. The van der Waals surface area contributed by atoms with Gasteiger partial charge in [-0.25, -0.2) is 0 Å². The van der Waals surface area contributed by atoms with E-state index in [2.05, 4.69) is 0 Å². The molecule has 0 atom stereocenters. The molecular formula is C16H18O3. The lowest BCUT2D eigenvalue weighted by Crippen LogP contribution is -1.96. The Bertz CT molecular complexity index is 603. The Labute approximate surface area is 112 Å². The Morgan fingerprint density at radius 2 is 1.58 bits per heavy atom. The van der Waals surface area contributed by atoms with Crippen LogP contribution in [0.4, 0.5) is 0 Å². The predicted octanol–water partition coefficient (Wildman–Crippen LogP) is 3.60. The lowest BCUT2D eigenvalue weighted by atomic mass is 9.91. The van der Waals surface area contributed by atoms with Gasteiger partial charge in [-0.2, -0.15) is 0 Å². The third kappa shape index (κ3) is 2.24. The number of phenolic OH excluding ortho intramolecular Hbond substituents is 3. The average molecular weight is 258 g/mol. The van der Waals surface area contributed by atoms with E-state index in [4.69, 9.17) is 0 Å². The second-order valence-corrected chi connectivity index (χ2v) is 4.48. The molecule has 0 heterocycles. The molecule has 2 aromatic rings. The molecule has 100 valence electrons. The molecule has 0 fully saturated rings. The second kappa shape index (κ2) is 5.22. The van der Waals surface area contributed by atoms with Crippen molar-refractivity contribution in [1.82, 2.24) is 0 Å². The third-order valence-electron chi connectivity index (χ3n) is 3.39. The molecule has 0 saturated heterocycles. The smallest absolute Gasteiger partial charge is 0.165 e. The molecule has 0 radical (unpaired) electrons. The number of para-hydroxylation sites is 1. The summed E-state index contributed by atoms with van der Waals surface area (Å²) < 4.78 is 0. The minimum atomic E-state index is -0.171. The summed E-state index contributed by atoms with van der Waals surface area (Å²) in [5, 5.41) is 30.0. The van der Waals surface area contributed by atoms with Crippen LogP contribution in [0, 0.1) is 0 Å². The topological polar surface area (TPSA) is 60.7 Å². The van der Waals surface area contributed by atoms with Crippen LogP contribution in [0.15, 0.2) is 30.3 Å². The van der Waals surface area contributed by atoms with Gasteiger partial charge in [-0.1, -0.05) is 32.0 Å². The van der Waals surface area contributed by atoms with E-state index in [9.17, 15) is 15.3 Å². The first-order chi connectivity index (χ1) is 9.10. The lowest BCUT2D eigenvalue weighted by molar-refractivity contribution is 0.403. The molecule has 0 unspecified atom stereocenters. The summed E-state index contributed by atoms with van der Waals surface area (Å²) in [4.78, 5) is 0. The minimum Gasteiger partial charge on any atom is -0.507 e. The Hall–Kier alpha value is -2.16. The first-order valence-electron chi connectivity index (χ1n) is 6.45. The van der Waals surface area contributed by atoms with Crippen molar-refractivity contribution >= 4 is 0 Å². The molecule has 0 aliphatic rings. The summed E-state index contributed by atoms with van der Waals surface area (Å²) in [6.45, 7) is 3.99. The number of phenols is 3. The van der Waals surface area contributed by atoms with E-state index in [0.29, 0.717) is 11.1 Å². The van der Waals surface area contributed by atoms with Crippen molar-refractivity contribution in [2.75, 3.05) is 0 Å². The van der Waals surface area contributed by atoms with Crippen molar-refractivity contribution in [3.8, 4) is 28.4 Å². The van der Waals surface area contributed by atoms with E-state index < -0.39 is 0 Å². The van der Waals surface area contributed by atoms with E-state index in [1.54, 1.807) is 30.3 Å². The summed E-state index contributed by atoms with van der Waals surface area (Å²) in [6.07, 6.45) is 1.48. The van der Waals surface area contributed by atoms with E-state index in [0.717, 1.165) is 24.0 Å². The maximum atomic E-state index is 10.1. The lowest BCUT2D eigenvalue weighted by Gasteiger charge is -2.17. The summed E-state index contributed by atoms with van der Waals surface area (Å²) in [5.74, 6) is -0.219. The molecule has 3 heteroatoms. The van der Waals surface area contributed by atoms with Crippen molar-refractivity contribution < 1.29 is 15.3 Å².